The molecule has 0 aromatic heterocycles. The van der Waals surface area contributed by atoms with E-state index in [2.05, 4.69) is 4.72 Å². The molecule has 1 aromatic carbocycles. The highest BCUT2D eigenvalue weighted by molar-refractivity contribution is 7.90. The Labute approximate surface area is 149 Å². The van der Waals surface area contributed by atoms with E-state index in [1.54, 1.807) is 13.8 Å². The Morgan fingerprint density at radius 3 is 2.25 bits per heavy atom. The highest BCUT2D eigenvalue weighted by atomic mass is 32.2. The Kier molecular flexibility index (Phi) is 8.46. The van der Waals surface area contributed by atoms with Crippen LogP contribution in [0.15, 0.2) is 24.3 Å². The van der Waals surface area contributed by atoms with Crippen LogP contribution in [0.5, 0.6) is 0 Å². The van der Waals surface area contributed by atoms with E-state index in [0.29, 0.717) is 13.2 Å². The van der Waals surface area contributed by atoms with Gasteiger partial charge in [-0.2, -0.15) is 0 Å². The van der Waals surface area contributed by atoms with Gasteiger partial charge < -0.3 is 13.6 Å². The zero-order valence-corrected chi connectivity index (χ0v) is 17.2. The Hall–Kier alpha value is -0.360. The molecule has 24 heavy (non-hydrogen) atoms. The molecule has 0 unspecified atom stereocenters. The van der Waals surface area contributed by atoms with Crippen molar-refractivity contribution >= 4 is 19.0 Å². The lowest BCUT2D eigenvalue weighted by Crippen LogP contribution is -2.40. The maximum absolute atomic E-state index is 12.8. The van der Waals surface area contributed by atoms with Crippen LogP contribution >= 0.6 is 7.60 Å². The molecule has 1 rings (SSSR count). The highest BCUT2D eigenvalue weighted by Gasteiger charge is 2.30. The summed E-state index contributed by atoms with van der Waals surface area (Å²) in [6.45, 7) is 12.0. The molecule has 0 radical (unpaired) electrons. The van der Waals surface area contributed by atoms with E-state index in [1.165, 1.54) is 0 Å². The molecule has 0 heterocycles. The van der Waals surface area contributed by atoms with Crippen LogP contribution in [0.3, 0.4) is 0 Å². The average molecular weight is 375 g/mol. The van der Waals surface area contributed by atoms with Crippen LogP contribution in [0, 0.1) is 0 Å². The predicted octanol–water partition coefficient (Wildman–Crippen LogP) is 4.57. The van der Waals surface area contributed by atoms with Crippen LogP contribution in [0.2, 0.25) is 0 Å². The van der Waals surface area contributed by atoms with Crippen molar-refractivity contribution in [3.63, 3.8) is 0 Å². The molecule has 0 spiro atoms. The lowest BCUT2D eigenvalue weighted by molar-refractivity contribution is 0.219. The third-order valence-corrected chi connectivity index (χ3v) is 7.09. The summed E-state index contributed by atoms with van der Waals surface area (Å²) in [7, 11) is -3.18. The molecule has 0 bridgehead atoms. The molecule has 0 amide bonds. The van der Waals surface area contributed by atoms with Crippen LogP contribution < -0.4 is 4.72 Å². The third-order valence-electron chi connectivity index (χ3n) is 3.38. The van der Waals surface area contributed by atoms with E-state index in [1.807, 2.05) is 52.0 Å². The molecule has 0 aliphatic rings. The van der Waals surface area contributed by atoms with Crippen LogP contribution in [0.25, 0.3) is 0 Å². The number of rotatable bonds is 9. The van der Waals surface area contributed by atoms with Gasteiger partial charge in [0.15, 0.2) is 0 Å². The van der Waals surface area contributed by atoms with Crippen molar-refractivity contribution in [2.24, 2.45) is 0 Å². The topological polar surface area (TPSA) is 70.6 Å². The smallest absolute Gasteiger partial charge is 0.335 e. The van der Waals surface area contributed by atoms with Gasteiger partial charge in [0.25, 0.3) is 0 Å². The molecule has 2 atom stereocenters. The molecule has 0 saturated heterocycles. The van der Waals surface area contributed by atoms with Gasteiger partial charge >= 0.3 is 7.60 Å². The summed E-state index contributed by atoms with van der Waals surface area (Å²) in [5.41, 5.74) is 1.84. The number of hydrogen-bond acceptors (Lipinski definition) is 5. The summed E-state index contributed by atoms with van der Waals surface area (Å²) in [5.74, 6) is 0. The molecule has 0 fully saturated rings. The fourth-order valence-corrected chi connectivity index (χ4v) is 4.78. The molecule has 1 aromatic rings. The molecule has 138 valence electrons. The molecular formula is C17H30NO4PS. The molecule has 7 heteroatoms. The minimum absolute atomic E-state index is 0.141. The van der Waals surface area contributed by atoms with Crippen molar-refractivity contribution in [2.75, 3.05) is 13.2 Å². The fourth-order valence-electron chi connectivity index (χ4n) is 2.23. The summed E-state index contributed by atoms with van der Waals surface area (Å²) in [4.78, 5) is 0. The van der Waals surface area contributed by atoms with Gasteiger partial charge in [-0.25, -0.2) is 0 Å². The fraction of sp³-hybridized carbons (Fsp3) is 0.647. The second-order valence-corrected chi connectivity index (χ2v) is 10.6. The van der Waals surface area contributed by atoms with Crippen molar-refractivity contribution in [3.05, 3.63) is 35.4 Å². The highest BCUT2D eigenvalue weighted by Crippen LogP contribution is 2.52. The molecule has 0 saturated carbocycles. The maximum atomic E-state index is 12.8. The van der Waals surface area contributed by atoms with E-state index in [0.717, 1.165) is 11.1 Å². The van der Waals surface area contributed by atoms with Crippen molar-refractivity contribution in [1.82, 2.24) is 4.72 Å². The normalized spacial score (nSPS) is 15.3. The first-order valence-corrected chi connectivity index (χ1v) is 11.1. The second kappa shape index (κ2) is 9.37. The predicted molar refractivity (Wildman–Crippen MR) is 100 cm³/mol. The van der Waals surface area contributed by atoms with E-state index in [4.69, 9.17) is 9.05 Å². The van der Waals surface area contributed by atoms with Crippen molar-refractivity contribution < 1.29 is 18.2 Å². The van der Waals surface area contributed by atoms with Gasteiger partial charge in [0.2, 0.25) is 0 Å². The quantitative estimate of drug-likeness (QED) is 0.506. The van der Waals surface area contributed by atoms with Crippen LogP contribution in [0.1, 0.15) is 58.7 Å². The SMILES string of the molecule is CCOP(=O)(Cc1ccccc1[C@H](C)N[S@@+]([O-])C(C)(C)C)OCC. The van der Waals surface area contributed by atoms with Crippen molar-refractivity contribution in [3.8, 4) is 0 Å². The Morgan fingerprint density at radius 2 is 1.75 bits per heavy atom. The Bertz CT molecular complexity index is 552. The van der Waals surface area contributed by atoms with Crippen molar-refractivity contribution in [2.45, 2.75) is 58.5 Å². The van der Waals surface area contributed by atoms with Gasteiger partial charge in [-0.15, -0.1) is 4.72 Å². The largest absolute Gasteiger partial charge is 0.598 e. The second-order valence-electron chi connectivity index (χ2n) is 6.52. The molecule has 0 aliphatic carbocycles. The standard InChI is InChI=1S/C17H30NO4PS/c1-7-21-23(19,22-8-2)13-15-11-9-10-12-16(15)14(3)18-24(20)17(4,5)6/h9-12,14,18H,7-8,13H2,1-6H3/t14-,24-/m0/s1. The summed E-state index contributed by atoms with van der Waals surface area (Å²) in [6, 6.07) is 7.54. The van der Waals surface area contributed by atoms with Crippen LogP contribution in [-0.2, 0) is 31.1 Å². The van der Waals surface area contributed by atoms with Gasteiger partial charge in [-0.3, -0.25) is 4.57 Å². The lowest BCUT2D eigenvalue weighted by Gasteiger charge is -2.27. The monoisotopic (exact) mass is 375 g/mol. The first kappa shape index (κ1) is 21.7. The minimum Gasteiger partial charge on any atom is -0.598 e. The first-order chi connectivity index (χ1) is 11.1. The van der Waals surface area contributed by atoms with Crippen LogP contribution in [-0.4, -0.2) is 22.5 Å². The Balaban J connectivity index is 3.01. The maximum Gasteiger partial charge on any atom is 0.335 e. The van der Waals surface area contributed by atoms with Gasteiger partial charge in [-0.1, -0.05) is 24.3 Å². The van der Waals surface area contributed by atoms with Gasteiger partial charge in [-0.05, 0) is 52.7 Å². The van der Waals surface area contributed by atoms with Gasteiger partial charge in [0.05, 0.1) is 25.4 Å². The molecule has 0 aliphatic heterocycles. The van der Waals surface area contributed by atoms with Gasteiger partial charge in [0, 0.05) is 11.4 Å². The molecule has 1 N–H and O–H groups in total. The summed E-state index contributed by atoms with van der Waals surface area (Å²) >= 11 is -1.19. The lowest BCUT2D eigenvalue weighted by atomic mass is 10.0. The summed E-state index contributed by atoms with van der Waals surface area (Å²) in [6.07, 6.45) is 0.207. The zero-order valence-electron chi connectivity index (χ0n) is 15.5. The minimum atomic E-state index is -3.18. The number of hydrogen-bond donors (Lipinski definition) is 1. The molecular weight excluding hydrogens is 345 g/mol. The summed E-state index contributed by atoms with van der Waals surface area (Å²) < 4.78 is 38.7. The Morgan fingerprint density at radius 1 is 1.21 bits per heavy atom. The zero-order chi connectivity index (χ0) is 18.4. The van der Waals surface area contributed by atoms with E-state index in [9.17, 15) is 9.12 Å². The number of nitrogens with one attached hydrogen (secondary N) is 1. The first-order valence-electron chi connectivity index (χ1n) is 8.27. The van der Waals surface area contributed by atoms with E-state index in [-0.39, 0.29) is 17.0 Å². The number of benzene rings is 1. The third kappa shape index (κ3) is 6.51. The van der Waals surface area contributed by atoms with E-state index < -0.39 is 19.0 Å². The van der Waals surface area contributed by atoms with E-state index >= 15 is 0 Å². The average Bonchev–Trinajstić information content (AvgIpc) is 2.46. The molecule has 5 nitrogen and oxygen atoms in total. The van der Waals surface area contributed by atoms with Crippen LogP contribution in [0.4, 0.5) is 0 Å². The van der Waals surface area contributed by atoms with Crippen molar-refractivity contribution in [1.29, 1.82) is 0 Å². The van der Waals surface area contributed by atoms with Gasteiger partial charge in [0.1, 0.15) is 4.75 Å². The summed E-state index contributed by atoms with van der Waals surface area (Å²) in [5, 5.41) is 0.